The molecule has 0 atom stereocenters. The summed E-state index contributed by atoms with van der Waals surface area (Å²) in [5.41, 5.74) is 4.53. The molecule has 0 amide bonds. The molecule has 1 nitrogen and oxygen atoms in total. The highest BCUT2D eigenvalue weighted by molar-refractivity contribution is 7.98. The Balaban J connectivity index is 2.08. The molecule has 0 aliphatic carbocycles. The van der Waals surface area contributed by atoms with Crippen molar-refractivity contribution in [2.45, 2.75) is 24.5 Å². The molecule has 0 saturated heterocycles. The van der Waals surface area contributed by atoms with Crippen LogP contribution < -0.4 is 0 Å². The van der Waals surface area contributed by atoms with Crippen molar-refractivity contribution < 1.29 is 4.79 Å². The van der Waals surface area contributed by atoms with E-state index in [4.69, 9.17) is 0 Å². The van der Waals surface area contributed by atoms with E-state index in [1.165, 1.54) is 16.0 Å². The predicted molar refractivity (Wildman–Crippen MR) is 77.3 cm³/mol. The second kappa shape index (κ2) is 5.87. The van der Waals surface area contributed by atoms with Gasteiger partial charge in [0.2, 0.25) is 0 Å². The average Bonchev–Trinajstić information content (AvgIpc) is 2.37. The van der Waals surface area contributed by atoms with Crippen LogP contribution in [-0.4, -0.2) is 6.29 Å². The van der Waals surface area contributed by atoms with E-state index in [2.05, 4.69) is 31.2 Å². The highest BCUT2D eigenvalue weighted by Crippen LogP contribution is 2.26. The van der Waals surface area contributed by atoms with Crippen molar-refractivity contribution in [3.05, 3.63) is 64.7 Å². The van der Waals surface area contributed by atoms with Gasteiger partial charge in [-0.3, -0.25) is 4.79 Å². The minimum atomic E-state index is 0.743. The van der Waals surface area contributed by atoms with Crippen molar-refractivity contribution in [2.75, 3.05) is 0 Å². The standard InChI is InChI=1S/C16H16OS/c1-12-4-3-5-15(8-12)11-18-16-7-6-14(10-17)9-13(16)2/h3-10H,11H2,1-2H3. The molecule has 2 heteroatoms. The summed E-state index contributed by atoms with van der Waals surface area (Å²) < 4.78 is 0. The van der Waals surface area contributed by atoms with E-state index >= 15 is 0 Å². The molecule has 2 aromatic carbocycles. The summed E-state index contributed by atoms with van der Waals surface area (Å²) in [6.45, 7) is 4.16. The van der Waals surface area contributed by atoms with Crippen LogP contribution in [0.1, 0.15) is 27.0 Å². The van der Waals surface area contributed by atoms with E-state index in [1.54, 1.807) is 0 Å². The van der Waals surface area contributed by atoms with Gasteiger partial charge in [-0.1, -0.05) is 35.9 Å². The molecule has 92 valence electrons. The first-order chi connectivity index (χ1) is 8.69. The van der Waals surface area contributed by atoms with Crippen molar-refractivity contribution in [1.29, 1.82) is 0 Å². The number of hydrogen-bond donors (Lipinski definition) is 0. The van der Waals surface area contributed by atoms with Crippen LogP contribution in [-0.2, 0) is 5.75 Å². The van der Waals surface area contributed by atoms with Gasteiger partial charge in [0.25, 0.3) is 0 Å². The van der Waals surface area contributed by atoms with Gasteiger partial charge >= 0.3 is 0 Å². The lowest BCUT2D eigenvalue weighted by molar-refractivity contribution is 0.112. The van der Waals surface area contributed by atoms with Gasteiger partial charge in [-0.25, -0.2) is 0 Å². The average molecular weight is 256 g/mol. The second-order valence-electron chi connectivity index (χ2n) is 4.42. The third-order valence-corrected chi connectivity index (χ3v) is 4.06. The van der Waals surface area contributed by atoms with Crippen LogP contribution in [0.4, 0.5) is 0 Å². The lowest BCUT2D eigenvalue weighted by atomic mass is 10.1. The Labute approximate surface area is 112 Å². The first-order valence-electron chi connectivity index (χ1n) is 5.93. The molecule has 2 rings (SSSR count). The third-order valence-electron chi connectivity index (χ3n) is 2.81. The van der Waals surface area contributed by atoms with Gasteiger partial charge in [-0.2, -0.15) is 0 Å². The minimum Gasteiger partial charge on any atom is -0.298 e. The molecule has 0 fully saturated rings. The molecule has 0 radical (unpaired) electrons. The zero-order valence-electron chi connectivity index (χ0n) is 10.6. The van der Waals surface area contributed by atoms with E-state index in [1.807, 2.05) is 36.9 Å². The summed E-state index contributed by atoms with van der Waals surface area (Å²) in [5, 5.41) is 0. The molecule has 0 unspecified atom stereocenters. The monoisotopic (exact) mass is 256 g/mol. The van der Waals surface area contributed by atoms with Crippen molar-refractivity contribution in [3.8, 4) is 0 Å². The largest absolute Gasteiger partial charge is 0.298 e. The lowest BCUT2D eigenvalue weighted by Crippen LogP contribution is -1.87. The topological polar surface area (TPSA) is 17.1 Å². The Morgan fingerprint density at radius 2 is 1.94 bits per heavy atom. The molecule has 0 bridgehead atoms. The van der Waals surface area contributed by atoms with Gasteiger partial charge in [0.1, 0.15) is 6.29 Å². The number of thioether (sulfide) groups is 1. The van der Waals surface area contributed by atoms with Crippen molar-refractivity contribution >= 4 is 18.0 Å². The summed E-state index contributed by atoms with van der Waals surface area (Å²) in [5.74, 6) is 0.961. The highest BCUT2D eigenvalue weighted by atomic mass is 32.2. The number of rotatable bonds is 4. The Morgan fingerprint density at radius 3 is 2.61 bits per heavy atom. The van der Waals surface area contributed by atoms with Crippen LogP contribution in [0.5, 0.6) is 0 Å². The van der Waals surface area contributed by atoms with Crippen molar-refractivity contribution in [2.24, 2.45) is 0 Å². The SMILES string of the molecule is Cc1cccc(CSc2ccc(C=O)cc2C)c1. The molecule has 0 saturated carbocycles. The molecule has 0 aliphatic heterocycles. The van der Waals surface area contributed by atoms with E-state index in [0.717, 1.165) is 23.2 Å². The van der Waals surface area contributed by atoms with Crippen LogP contribution >= 0.6 is 11.8 Å². The quantitative estimate of drug-likeness (QED) is 0.595. The number of carbonyl (C=O) groups is 1. The number of carbonyl (C=O) groups excluding carboxylic acids is 1. The fourth-order valence-electron chi connectivity index (χ4n) is 1.87. The molecule has 0 aromatic heterocycles. The molecule has 2 aromatic rings. The van der Waals surface area contributed by atoms with Crippen LogP contribution in [0.3, 0.4) is 0 Å². The molecule has 0 N–H and O–H groups in total. The van der Waals surface area contributed by atoms with Gasteiger partial charge < -0.3 is 0 Å². The smallest absolute Gasteiger partial charge is 0.150 e. The Kier molecular flexibility index (Phi) is 4.21. The van der Waals surface area contributed by atoms with Gasteiger partial charge in [0.05, 0.1) is 0 Å². The molecule has 18 heavy (non-hydrogen) atoms. The summed E-state index contributed by atoms with van der Waals surface area (Å²) >= 11 is 1.81. The predicted octanol–water partition coefficient (Wildman–Crippen LogP) is 4.41. The van der Waals surface area contributed by atoms with Gasteiger partial charge in [0.15, 0.2) is 0 Å². The maximum absolute atomic E-state index is 10.7. The van der Waals surface area contributed by atoms with E-state index in [9.17, 15) is 4.79 Å². The minimum absolute atomic E-state index is 0.743. The number of benzene rings is 2. The molecule has 0 spiro atoms. The molecule has 0 aliphatic rings. The van der Waals surface area contributed by atoms with Crippen LogP contribution in [0.2, 0.25) is 0 Å². The van der Waals surface area contributed by atoms with Gasteiger partial charge in [-0.05, 0) is 37.1 Å². The van der Waals surface area contributed by atoms with Gasteiger partial charge in [-0.15, -0.1) is 11.8 Å². The molecular formula is C16H16OS. The third kappa shape index (κ3) is 3.23. The maximum atomic E-state index is 10.7. The van der Waals surface area contributed by atoms with E-state index < -0.39 is 0 Å². The fourth-order valence-corrected chi connectivity index (χ4v) is 2.82. The summed E-state index contributed by atoms with van der Waals surface area (Å²) in [6.07, 6.45) is 0.891. The summed E-state index contributed by atoms with van der Waals surface area (Å²) in [4.78, 5) is 11.9. The Morgan fingerprint density at radius 1 is 1.11 bits per heavy atom. The van der Waals surface area contributed by atoms with E-state index in [-0.39, 0.29) is 0 Å². The van der Waals surface area contributed by atoms with Crippen molar-refractivity contribution in [3.63, 3.8) is 0 Å². The Hall–Kier alpha value is -1.54. The summed E-state index contributed by atoms with van der Waals surface area (Å²) in [7, 11) is 0. The zero-order valence-corrected chi connectivity index (χ0v) is 11.5. The Bertz CT molecular complexity index is 561. The van der Waals surface area contributed by atoms with Crippen LogP contribution in [0.25, 0.3) is 0 Å². The fraction of sp³-hybridized carbons (Fsp3) is 0.188. The van der Waals surface area contributed by atoms with Crippen molar-refractivity contribution in [1.82, 2.24) is 0 Å². The van der Waals surface area contributed by atoms with Crippen LogP contribution in [0, 0.1) is 13.8 Å². The first kappa shape index (κ1) is 12.9. The summed E-state index contributed by atoms with van der Waals surface area (Å²) in [6, 6.07) is 14.4. The normalized spacial score (nSPS) is 10.3. The first-order valence-corrected chi connectivity index (χ1v) is 6.92. The maximum Gasteiger partial charge on any atom is 0.150 e. The number of aldehydes is 1. The second-order valence-corrected chi connectivity index (χ2v) is 5.44. The van der Waals surface area contributed by atoms with Gasteiger partial charge in [0, 0.05) is 16.2 Å². The number of hydrogen-bond acceptors (Lipinski definition) is 2. The lowest BCUT2D eigenvalue weighted by Gasteiger charge is -2.06. The van der Waals surface area contributed by atoms with E-state index in [0.29, 0.717) is 0 Å². The van der Waals surface area contributed by atoms with Crippen LogP contribution in [0.15, 0.2) is 47.4 Å². The number of aryl methyl sites for hydroxylation is 2. The molecular weight excluding hydrogens is 240 g/mol. The highest BCUT2D eigenvalue weighted by Gasteiger charge is 2.01. The molecule has 0 heterocycles. The zero-order chi connectivity index (χ0) is 13.0.